The Bertz CT molecular complexity index is 142. The van der Waals surface area contributed by atoms with Crippen molar-refractivity contribution >= 4 is 0 Å². The van der Waals surface area contributed by atoms with E-state index in [1.807, 2.05) is 0 Å². The van der Waals surface area contributed by atoms with Crippen LogP contribution in [0.3, 0.4) is 0 Å². The molecule has 4 nitrogen and oxygen atoms in total. The summed E-state index contributed by atoms with van der Waals surface area (Å²) in [6.45, 7) is 3.54. The van der Waals surface area contributed by atoms with Gasteiger partial charge in [-0.25, -0.2) is 5.90 Å². The Morgan fingerprint density at radius 1 is 1.64 bits per heavy atom. The Morgan fingerprint density at radius 3 is 3.09 bits per heavy atom. The second kappa shape index (κ2) is 3.06. The van der Waals surface area contributed by atoms with Crippen molar-refractivity contribution in [3.05, 3.63) is 0 Å². The summed E-state index contributed by atoms with van der Waals surface area (Å²) >= 11 is 0. The third-order valence-corrected chi connectivity index (χ3v) is 2.51. The topological polar surface area (TPSA) is 47.7 Å². The molecular formula is C7H14N2O2. The van der Waals surface area contributed by atoms with Crippen molar-refractivity contribution in [1.82, 2.24) is 4.90 Å². The van der Waals surface area contributed by atoms with E-state index in [0.29, 0.717) is 18.8 Å². The lowest BCUT2D eigenvalue weighted by Crippen LogP contribution is -2.39. The van der Waals surface area contributed by atoms with Crippen molar-refractivity contribution in [3.63, 3.8) is 0 Å². The first kappa shape index (κ1) is 7.49. The number of nitrogens with two attached hydrogens (primary N) is 1. The third kappa shape index (κ3) is 1.39. The molecule has 0 aromatic heterocycles. The van der Waals surface area contributed by atoms with E-state index in [1.54, 1.807) is 0 Å². The van der Waals surface area contributed by atoms with Crippen LogP contribution >= 0.6 is 0 Å². The fourth-order valence-corrected chi connectivity index (χ4v) is 1.92. The maximum Gasteiger partial charge on any atom is 0.0806 e. The number of likely N-dealkylation sites (tertiary alicyclic amines) is 1. The Labute approximate surface area is 66.2 Å². The largest absolute Gasteiger partial charge is 0.375 e. The molecule has 2 atom stereocenters. The van der Waals surface area contributed by atoms with E-state index in [2.05, 4.69) is 9.74 Å². The van der Waals surface area contributed by atoms with E-state index < -0.39 is 0 Å². The van der Waals surface area contributed by atoms with E-state index in [4.69, 9.17) is 10.6 Å². The zero-order valence-corrected chi connectivity index (χ0v) is 6.53. The zero-order chi connectivity index (χ0) is 7.68. The summed E-state index contributed by atoms with van der Waals surface area (Å²) in [4.78, 5) is 6.92. The molecule has 64 valence electrons. The smallest absolute Gasteiger partial charge is 0.0806 e. The van der Waals surface area contributed by atoms with E-state index in [1.165, 1.54) is 6.42 Å². The summed E-state index contributed by atoms with van der Waals surface area (Å²) in [7, 11) is 0. The van der Waals surface area contributed by atoms with E-state index >= 15 is 0 Å². The van der Waals surface area contributed by atoms with Gasteiger partial charge in [0.2, 0.25) is 0 Å². The Kier molecular flexibility index (Phi) is 2.09. The highest BCUT2D eigenvalue weighted by Crippen LogP contribution is 2.26. The monoisotopic (exact) mass is 158 g/mol. The summed E-state index contributed by atoms with van der Waals surface area (Å²) in [5.74, 6) is 4.95. The summed E-state index contributed by atoms with van der Waals surface area (Å²) < 4.78 is 5.45. The molecular weight excluding hydrogens is 144 g/mol. The highest BCUT2D eigenvalue weighted by molar-refractivity contribution is 4.91. The maximum atomic E-state index is 5.45. The van der Waals surface area contributed by atoms with Crippen LogP contribution in [0.1, 0.15) is 6.42 Å². The van der Waals surface area contributed by atoms with Gasteiger partial charge in [0.05, 0.1) is 19.3 Å². The van der Waals surface area contributed by atoms with Crippen LogP contribution in [-0.2, 0) is 9.57 Å². The van der Waals surface area contributed by atoms with Gasteiger partial charge in [0.15, 0.2) is 0 Å². The number of ether oxygens (including phenoxy) is 1. The molecule has 2 bridgehead atoms. The first-order valence-electron chi connectivity index (χ1n) is 4.07. The van der Waals surface area contributed by atoms with Crippen LogP contribution < -0.4 is 5.90 Å². The number of hydrogen-bond donors (Lipinski definition) is 1. The summed E-state index contributed by atoms with van der Waals surface area (Å²) in [5.41, 5.74) is 0. The molecule has 2 fully saturated rings. The van der Waals surface area contributed by atoms with Gasteiger partial charge in [0.25, 0.3) is 0 Å². The number of nitrogens with zero attached hydrogens (tertiary/aromatic N) is 1. The highest BCUT2D eigenvalue weighted by atomic mass is 16.6. The highest BCUT2D eigenvalue weighted by Gasteiger charge is 2.38. The average molecular weight is 158 g/mol. The van der Waals surface area contributed by atoms with Crippen LogP contribution in [0.5, 0.6) is 0 Å². The zero-order valence-electron chi connectivity index (χ0n) is 6.53. The summed E-state index contributed by atoms with van der Waals surface area (Å²) in [6.07, 6.45) is 1.68. The molecule has 0 aliphatic carbocycles. The second-order valence-electron chi connectivity index (χ2n) is 3.21. The SMILES string of the molecule is NOCCN1CC2CC1CO2. The van der Waals surface area contributed by atoms with Gasteiger partial charge in [-0.3, -0.25) is 4.90 Å². The standard InChI is InChI=1S/C7H14N2O2/c8-11-2-1-9-4-7-3-6(9)5-10-7/h6-7H,1-5,8H2. The van der Waals surface area contributed by atoms with Crippen LogP contribution in [0, 0.1) is 0 Å². The molecule has 2 saturated heterocycles. The van der Waals surface area contributed by atoms with Crippen molar-refractivity contribution in [3.8, 4) is 0 Å². The maximum absolute atomic E-state index is 5.45. The van der Waals surface area contributed by atoms with Gasteiger partial charge in [-0.05, 0) is 6.42 Å². The number of hydrogen-bond acceptors (Lipinski definition) is 4. The molecule has 0 spiro atoms. The molecule has 0 aromatic carbocycles. The molecule has 0 radical (unpaired) electrons. The minimum atomic E-state index is 0.484. The van der Waals surface area contributed by atoms with Crippen molar-refractivity contribution < 1.29 is 9.57 Å². The van der Waals surface area contributed by atoms with Crippen LogP contribution in [0.2, 0.25) is 0 Å². The van der Waals surface area contributed by atoms with Gasteiger partial charge in [-0.1, -0.05) is 0 Å². The molecule has 2 N–H and O–H groups in total. The Hall–Kier alpha value is -0.160. The normalized spacial score (nSPS) is 36.8. The second-order valence-corrected chi connectivity index (χ2v) is 3.21. The van der Waals surface area contributed by atoms with Gasteiger partial charge in [-0.15, -0.1) is 0 Å². The van der Waals surface area contributed by atoms with Crippen LogP contribution in [0.25, 0.3) is 0 Å². The number of rotatable bonds is 3. The molecule has 2 heterocycles. The lowest BCUT2D eigenvalue weighted by molar-refractivity contribution is 0.0154. The minimum Gasteiger partial charge on any atom is -0.375 e. The third-order valence-electron chi connectivity index (χ3n) is 2.51. The van der Waals surface area contributed by atoms with Gasteiger partial charge in [0.1, 0.15) is 0 Å². The number of morpholine rings is 1. The first-order chi connectivity index (χ1) is 5.40. The first-order valence-corrected chi connectivity index (χ1v) is 4.07. The van der Waals surface area contributed by atoms with E-state index in [0.717, 1.165) is 19.7 Å². The summed E-state index contributed by atoms with van der Waals surface area (Å²) in [5, 5.41) is 0. The predicted molar refractivity (Wildman–Crippen MR) is 39.9 cm³/mol. The van der Waals surface area contributed by atoms with Crippen LogP contribution in [-0.4, -0.2) is 43.3 Å². The van der Waals surface area contributed by atoms with Crippen LogP contribution in [0.4, 0.5) is 0 Å². The summed E-state index contributed by atoms with van der Waals surface area (Å²) in [6, 6.07) is 0.634. The molecule has 2 aliphatic rings. The fraction of sp³-hybridized carbons (Fsp3) is 1.00. The van der Waals surface area contributed by atoms with Gasteiger partial charge in [0, 0.05) is 19.1 Å². The average Bonchev–Trinajstić information content (AvgIpc) is 2.60. The van der Waals surface area contributed by atoms with Crippen molar-refractivity contribution in [2.45, 2.75) is 18.6 Å². The minimum absolute atomic E-state index is 0.484. The lowest BCUT2D eigenvalue weighted by atomic mass is 10.2. The molecule has 0 amide bonds. The van der Waals surface area contributed by atoms with Gasteiger partial charge >= 0.3 is 0 Å². The van der Waals surface area contributed by atoms with E-state index in [-0.39, 0.29) is 0 Å². The predicted octanol–water partition coefficient (Wildman–Crippen LogP) is -0.650. The number of fused-ring (bicyclic) bond motifs is 2. The molecule has 4 heteroatoms. The van der Waals surface area contributed by atoms with Gasteiger partial charge in [-0.2, -0.15) is 0 Å². The molecule has 0 saturated carbocycles. The Balaban J connectivity index is 1.78. The quantitative estimate of drug-likeness (QED) is 0.554. The molecule has 2 rings (SSSR count). The lowest BCUT2D eigenvalue weighted by Gasteiger charge is -2.25. The Morgan fingerprint density at radius 2 is 2.55 bits per heavy atom. The van der Waals surface area contributed by atoms with Gasteiger partial charge < -0.3 is 9.57 Å². The molecule has 2 aliphatic heterocycles. The molecule has 11 heavy (non-hydrogen) atoms. The van der Waals surface area contributed by atoms with Crippen LogP contribution in [0.15, 0.2) is 0 Å². The molecule has 0 aromatic rings. The molecule has 2 unspecified atom stereocenters. The fourth-order valence-electron chi connectivity index (χ4n) is 1.92. The van der Waals surface area contributed by atoms with E-state index in [9.17, 15) is 0 Å². The van der Waals surface area contributed by atoms with Crippen molar-refractivity contribution in [2.75, 3.05) is 26.3 Å². The van der Waals surface area contributed by atoms with Crippen molar-refractivity contribution in [2.24, 2.45) is 5.90 Å². The van der Waals surface area contributed by atoms with Crippen molar-refractivity contribution in [1.29, 1.82) is 0 Å².